The summed E-state index contributed by atoms with van der Waals surface area (Å²) in [6.45, 7) is 5.02. The predicted octanol–water partition coefficient (Wildman–Crippen LogP) is 1.43. The molecule has 2 fully saturated rings. The predicted molar refractivity (Wildman–Crippen MR) is 59.9 cm³/mol. The second-order valence-electron chi connectivity index (χ2n) is 4.74. The Bertz CT molecular complexity index is 188. The van der Waals surface area contributed by atoms with E-state index in [9.17, 15) is 0 Å². The lowest BCUT2D eigenvalue weighted by Crippen LogP contribution is -2.47. The molecule has 0 spiro atoms. The quantitative estimate of drug-likeness (QED) is 0.724. The summed E-state index contributed by atoms with van der Waals surface area (Å²) < 4.78 is 11.2. The van der Waals surface area contributed by atoms with Crippen molar-refractivity contribution in [2.45, 2.75) is 38.3 Å². The molecule has 2 aliphatic rings. The molecule has 3 unspecified atom stereocenters. The van der Waals surface area contributed by atoms with E-state index >= 15 is 0 Å². The molecule has 3 heteroatoms. The van der Waals surface area contributed by atoms with E-state index in [2.05, 4.69) is 12.2 Å². The molecule has 0 aromatic rings. The van der Waals surface area contributed by atoms with Crippen LogP contribution in [-0.2, 0) is 9.47 Å². The lowest BCUT2D eigenvalue weighted by molar-refractivity contribution is 0.0291. The van der Waals surface area contributed by atoms with E-state index in [1.54, 1.807) is 0 Å². The maximum atomic E-state index is 5.68. The Morgan fingerprint density at radius 2 is 2.13 bits per heavy atom. The Morgan fingerprint density at radius 1 is 1.33 bits per heavy atom. The Labute approximate surface area is 92.5 Å². The van der Waals surface area contributed by atoms with Gasteiger partial charge in [0.15, 0.2) is 0 Å². The first-order valence-corrected chi connectivity index (χ1v) is 6.20. The highest BCUT2D eigenvalue weighted by Gasteiger charge is 2.40. The second kappa shape index (κ2) is 5.28. The van der Waals surface area contributed by atoms with Crippen molar-refractivity contribution >= 4 is 0 Å². The second-order valence-corrected chi connectivity index (χ2v) is 4.74. The van der Waals surface area contributed by atoms with Gasteiger partial charge in [-0.3, -0.25) is 0 Å². The SMILES string of the molecule is CCNC(C1CCOC1)C(OC)C1CC1. The van der Waals surface area contributed by atoms with E-state index in [1.807, 2.05) is 7.11 Å². The number of likely N-dealkylation sites (N-methyl/N-ethyl adjacent to an activating group) is 1. The van der Waals surface area contributed by atoms with Gasteiger partial charge in [0.2, 0.25) is 0 Å². The number of methoxy groups -OCH3 is 1. The van der Waals surface area contributed by atoms with Gasteiger partial charge >= 0.3 is 0 Å². The summed E-state index contributed by atoms with van der Waals surface area (Å²) in [6, 6.07) is 0.495. The first-order valence-electron chi connectivity index (χ1n) is 6.20. The summed E-state index contributed by atoms with van der Waals surface area (Å²) in [5.41, 5.74) is 0. The van der Waals surface area contributed by atoms with Crippen molar-refractivity contribution < 1.29 is 9.47 Å². The number of nitrogens with one attached hydrogen (secondary N) is 1. The molecule has 15 heavy (non-hydrogen) atoms. The molecule has 1 aliphatic carbocycles. The van der Waals surface area contributed by atoms with Gasteiger partial charge in [0, 0.05) is 25.7 Å². The van der Waals surface area contributed by atoms with E-state index in [0.29, 0.717) is 18.1 Å². The molecule has 1 saturated carbocycles. The molecule has 0 aromatic heterocycles. The summed E-state index contributed by atoms with van der Waals surface area (Å²) in [5.74, 6) is 1.44. The Kier molecular flexibility index (Phi) is 4.00. The van der Waals surface area contributed by atoms with Gasteiger partial charge in [0.1, 0.15) is 0 Å². The van der Waals surface area contributed by atoms with Crippen molar-refractivity contribution in [2.24, 2.45) is 11.8 Å². The van der Waals surface area contributed by atoms with Crippen molar-refractivity contribution in [1.82, 2.24) is 5.32 Å². The van der Waals surface area contributed by atoms with Gasteiger partial charge in [0.05, 0.1) is 12.7 Å². The molecular formula is C12H23NO2. The maximum absolute atomic E-state index is 5.68. The first-order chi connectivity index (χ1) is 7.36. The lowest BCUT2D eigenvalue weighted by atomic mass is 9.91. The normalized spacial score (nSPS) is 30.4. The van der Waals surface area contributed by atoms with Gasteiger partial charge in [-0.25, -0.2) is 0 Å². The molecule has 0 amide bonds. The number of ether oxygens (including phenoxy) is 2. The van der Waals surface area contributed by atoms with Crippen LogP contribution in [0.25, 0.3) is 0 Å². The van der Waals surface area contributed by atoms with Crippen LogP contribution in [0.3, 0.4) is 0 Å². The van der Waals surface area contributed by atoms with Gasteiger partial charge in [0.25, 0.3) is 0 Å². The fraction of sp³-hybridized carbons (Fsp3) is 1.00. The van der Waals surface area contributed by atoms with Crippen LogP contribution in [-0.4, -0.2) is 39.0 Å². The third-order valence-corrected chi connectivity index (χ3v) is 3.63. The minimum atomic E-state index is 0.400. The summed E-state index contributed by atoms with van der Waals surface area (Å²) in [5, 5.41) is 3.59. The summed E-state index contributed by atoms with van der Waals surface area (Å²) in [7, 11) is 1.85. The molecule has 2 rings (SSSR count). The summed E-state index contributed by atoms with van der Waals surface area (Å²) in [6.07, 6.45) is 4.27. The topological polar surface area (TPSA) is 30.5 Å². The van der Waals surface area contributed by atoms with Crippen molar-refractivity contribution in [2.75, 3.05) is 26.9 Å². The minimum Gasteiger partial charge on any atom is -0.381 e. The average Bonchev–Trinajstić information content (AvgIpc) is 2.94. The van der Waals surface area contributed by atoms with Crippen molar-refractivity contribution in [1.29, 1.82) is 0 Å². The molecule has 1 N–H and O–H groups in total. The van der Waals surface area contributed by atoms with E-state index in [4.69, 9.17) is 9.47 Å². The lowest BCUT2D eigenvalue weighted by Gasteiger charge is -2.31. The summed E-state index contributed by atoms with van der Waals surface area (Å²) in [4.78, 5) is 0. The van der Waals surface area contributed by atoms with Crippen LogP contribution in [0.2, 0.25) is 0 Å². The number of hydrogen-bond acceptors (Lipinski definition) is 3. The van der Waals surface area contributed by atoms with Crippen LogP contribution >= 0.6 is 0 Å². The van der Waals surface area contributed by atoms with Gasteiger partial charge in [-0.05, 0) is 31.7 Å². The van der Waals surface area contributed by atoms with E-state index < -0.39 is 0 Å². The number of hydrogen-bond donors (Lipinski definition) is 1. The van der Waals surface area contributed by atoms with Gasteiger partial charge in [-0.15, -0.1) is 0 Å². The zero-order valence-corrected chi connectivity index (χ0v) is 9.87. The zero-order chi connectivity index (χ0) is 10.7. The molecule has 1 heterocycles. The number of rotatable bonds is 6. The Hall–Kier alpha value is -0.120. The third-order valence-electron chi connectivity index (χ3n) is 3.63. The van der Waals surface area contributed by atoms with Crippen LogP contribution in [0.1, 0.15) is 26.2 Å². The minimum absolute atomic E-state index is 0.400. The van der Waals surface area contributed by atoms with E-state index in [1.165, 1.54) is 19.3 Å². The molecule has 0 aromatic carbocycles. The molecular weight excluding hydrogens is 190 g/mol. The Morgan fingerprint density at radius 3 is 2.60 bits per heavy atom. The molecule has 88 valence electrons. The molecule has 3 nitrogen and oxygen atoms in total. The van der Waals surface area contributed by atoms with E-state index in [-0.39, 0.29) is 0 Å². The maximum Gasteiger partial charge on any atom is 0.0755 e. The molecule has 1 saturated heterocycles. The average molecular weight is 213 g/mol. The standard InChI is InChI=1S/C12H23NO2/c1-3-13-11(10-6-7-15-8-10)12(14-2)9-4-5-9/h9-13H,3-8H2,1-2H3. The van der Waals surface area contributed by atoms with Crippen LogP contribution in [0.15, 0.2) is 0 Å². The largest absolute Gasteiger partial charge is 0.381 e. The van der Waals surface area contributed by atoms with Crippen LogP contribution < -0.4 is 5.32 Å². The highest BCUT2D eigenvalue weighted by Crippen LogP contribution is 2.38. The fourth-order valence-corrected chi connectivity index (χ4v) is 2.68. The monoisotopic (exact) mass is 213 g/mol. The third kappa shape index (κ3) is 2.71. The van der Waals surface area contributed by atoms with Crippen LogP contribution in [0, 0.1) is 11.8 Å². The highest BCUT2D eigenvalue weighted by atomic mass is 16.5. The van der Waals surface area contributed by atoms with Crippen molar-refractivity contribution in [3.05, 3.63) is 0 Å². The molecule has 0 radical (unpaired) electrons. The first kappa shape index (κ1) is 11.4. The van der Waals surface area contributed by atoms with E-state index in [0.717, 1.165) is 25.7 Å². The fourth-order valence-electron chi connectivity index (χ4n) is 2.68. The molecule has 1 aliphatic heterocycles. The van der Waals surface area contributed by atoms with Crippen LogP contribution in [0.5, 0.6) is 0 Å². The summed E-state index contributed by atoms with van der Waals surface area (Å²) >= 11 is 0. The highest BCUT2D eigenvalue weighted by molar-refractivity contribution is 4.94. The van der Waals surface area contributed by atoms with Crippen molar-refractivity contribution in [3.8, 4) is 0 Å². The van der Waals surface area contributed by atoms with Gasteiger partial charge in [-0.2, -0.15) is 0 Å². The molecule has 3 atom stereocenters. The van der Waals surface area contributed by atoms with Crippen molar-refractivity contribution in [3.63, 3.8) is 0 Å². The Balaban J connectivity index is 1.95. The van der Waals surface area contributed by atoms with Gasteiger partial charge < -0.3 is 14.8 Å². The molecule has 0 bridgehead atoms. The smallest absolute Gasteiger partial charge is 0.0755 e. The zero-order valence-electron chi connectivity index (χ0n) is 9.87. The van der Waals surface area contributed by atoms with Crippen LogP contribution in [0.4, 0.5) is 0 Å². The van der Waals surface area contributed by atoms with Gasteiger partial charge in [-0.1, -0.05) is 6.92 Å².